The fraction of sp³-hybridized carbons (Fsp3) is 0.533. The van der Waals surface area contributed by atoms with E-state index in [-0.39, 0.29) is 5.91 Å². The maximum atomic E-state index is 12.0. The van der Waals surface area contributed by atoms with Crippen molar-refractivity contribution in [2.24, 2.45) is 5.92 Å². The first-order valence-corrected chi connectivity index (χ1v) is 7.62. The summed E-state index contributed by atoms with van der Waals surface area (Å²) in [6.07, 6.45) is 2.40. The van der Waals surface area contributed by atoms with E-state index in [9.17, 15) is 4.79 Å². The molecule has 2 rings (SSSR count). The second-order valence-corrected chi connectivity index (χ2v) is 6.33. The van der Waals surface area contributed by atoms with Crippen molar-refractivity contribution in [3.8, 4) is 0 Å². The molecule has 3 nitrogen and oxygen atoms in total. The summed E-state index contributed by atoms with van der Waals surface area (Å²) < 4.78 is 1.03. The number of piperidine rings is 1. The largest absolute Gasteiger partial charge is 0.325 e. The Morgan fingerprint density at radius 1 is 1.42 bits per heavy atom. The molecule has 1 aliphatic heterocycles. The molecule has 1 aromatic carbocycles. The van der Waals surface area contributed by atoms with Crippen molar-refractivity contribution in [3.05, 3.63) is 28.2 Å². The first-order chi connectivity index (χ1) is 9.04. The number of rotatable bonds is 3. The molecule has 0 aromatic heterocycles. The Bertz CT molecular complexity index is 453. The molecule has 4 heteroatoms. The highest BCUT2D eigenvalue weighted by molar-refractivity contribution is 9.10. The van der Waals surface area contributed by atoms with Crippen LogP contribution < -0.4 is 5.32 Å². The van der Waals surface area contributed by atoms with Gasteiger partial charge in [0.15, 0.2) is 0 Å². The van der Waals surface area contributed by atoms with Gasteiger partial charge in [0.2, 0.25) is 5.91 Å². The number of benzene rings is 1. The molecule has 0 aliphatic carbocycles. The number of nitrogens with one attached hydrogen (secondary N) is 1. The molecule has 1 fully saturated rings. The third-order valence-corrected chi connectivity index (χ3v) is 4.55. The quantitative estimate of drug-likeness (QED) is 0.923. The fourth-order valence-corrected chi connectivity index (χ4v) is 2.67. The molecule has 19 heavy (non-hydrogen) atoms. The average molecular weight is 325 g/mol. The Labute approximate surface area is 123 Å². The number of hydrogen-bond acceptors (Lipinski definition) is 2. The lowest BCUT2D eigenvalue weighted by atomic mass is 9.99. The molecule has 1 heterocycles. The van der Waals surface area contributed by atoms with Crippen LogP contribution in [0.2, 0.25) is 0 Å². The summed E-state index contributed by atoms with van der Waals surface area (Å²) in [6, 6.07) is 5.89. The van der Waals surface area contributed by atoms with E-state index in [4.69, 9.17) is 0 Å². The Morgan fingerprint density at radius 2 is 2.11 bits per heavy atom. The van der Waals surface area contributed by atoms with Crippen LogP contribution in [0.25, 0.3) is 0 Å². The van der Waals surface area contributed by atoms with Crippen LogP contribution in [0, 0.1) is 12.8 Å². The third kappa shape index (κ3) is 4.32. The van der Waals surface area contributed by atoms with Gasteiger partial charge in [-0.3, -0.25) is 9.69 Å². The van der Waals surface area contributed by atoms with Gasteiger partial charge < -0.3 is 5.32 Å². The fourth-order valence-electron chi connectivity index (χ4n) is 2.29. The van der Waals surface area contributed by atoms with Gasteiger partial charge in [-0.25, -0.2) is 0 Å². The summed E-state index contributed by atoms with van der Waals surface area (Å²) in [5.74, 6) is 0.873. The molecule has 0 saturated carbocycles. The Hall–Kier alpha value is -0.870. The van der Waals surface area contributed by atoms with Gasteiger partial charge in [-0.05, 0) is 56.5 Å². The Balaban J connectivity index is 1.85. The molecule has 0 spiro atoms. The van der Waals surface area contributed by atoms with Gasteiger partial charge in [-0.1, -0.05) is 28.9 Å². The number of nitrogens with zero attached hydrogens (tertiary/aromatic N) is 1. The summed E-state index contributed by atoms with van der Waals surface area (Å²) in [5.41, 5.74) is 2.02. The van der Waals surface area contributed by atoms with Crippen LogP contribution in [0.15, 0.2) is 22.7 Å². The lowest BCUT2D eigenvalue weighted by Gasteiger charge is -2.29. The summed E-state index contributed by atoms with van der Waals surface area (Å²) in [6.45, 7) is 6.88. The van der Waals surface area contributed by atoms with Gasteiger partial charge >= 0.3 is 0 Å². The predicted molar refractivity (Wildman–Crippen MR) is 82.3 cm³/mol. The van der Waals surface area contributed by atoms with Crippen molar-refractivity contribution in [2.45, 2.75) is 26.7 Å². The van der Waals surface area contributed by atoms with Gasteiger partial charge in [0, 0.05) is 10.2 Å². The van der Waals surface area contributed by atoms with Crippen LogP contribution in [0.4, 0.5) is 5.69 Å². The number of anilines is 1. The molecule has 0 unspecified atom stereocenters. The number of aryl methyl sites for hydroxylation is 1. The van der Waals surface area contributed by atoms with E-state index in [0.29, 0.717) is 6.54 Å². The Kier molecular flexibility index (Phi) is 4.99. The van der Waals surface area contributed by atoms with Crippen molar-refractivity contribution in [2.75, 3.05) is 25.0 Å². The number of amides is 1. The number of carbonyl (C=O) groups is 1. The van der Waals surface area contributed by atoms with Gasteiger partial charge in [0.25, 0.3) is 0 Å². The molecule has 1 saturated heterocycles. The highest BCUT2D eigenvalue weighted by Crippen LogP contribution is 2.21. The zero-order valence-electron chi connectivity index (χ0n) is 11.6. The first kappa shape index (κ1) is 14.5. The second-order valence-electron chi connectivity index (χ2n) is 5.47. The average Bonchev–Trinajstić information content (AvgIpc) is 2.37. The van der Waals surface area contributed by atoms with Crippen molar-refractivity contribution in [3.63, 3.8) is 0 Å². The van der Waals surface area contributed by atoms with Gasteiger partial charge in [-0.2, -0.15) is 0 Å². The standard InChI is InChI=1S/C15H21BrN2O/c1-11-5-7-18(8-6-11)10-15(19)17-13-4-3-12(2)14(16)9-13/h3-4,9,11H,5-8,10H2,1-2H3,(H,17,19). The molecule has 0 atom stereocenters. The van der Waals surface area contributed by atoms with Crippen LogP contribution in [-0.4, -0.2) is 30.4 Å². The second kappa shape index (κ2) is 6.53. The molecule has 104 valence electrons. The highest BCUT2D eigenvalue weighted by Gasteiger charge is 2.17. The summed E-state index contributed by atoms with van der Waals surface area (Å²) in [5, 5.41) is 2.96. The highest BCUT2D eigenvalue weighted by atomic mass is 79.9. The van der Waals surface area contributed by atoms with E-state index in [1.807, 2.05) is 25.1 Å². The molecule has 0 radical (unpaired) electrons. The van der Waals surface area contributed by atoms with E-state index in [2.05, 4.69) is 33.1 Å². The van der Waals surface area contributed by atoms with Gasteiger partial charge in [0.05, 0.1) is 6.54 Å². The lowest BCUT2D eigenvalue weighted by Crippen LogP contribution is -2.38. The monoisotopic (exact) mass is 324 g/mol. The number of halogens is 1. The van der Waals surface area contributed by atoms with E-state index in [1.165, 1.54) is 18.4 Å². The van der Waals surface area contributed by atoms with Crippen molar-refractivity contribution in [1.82, 2.24) is 4.90 Å². The lowest BCUT2D eigenvalue weighted by molar-refractivity contribution is -0.117. The minimum absolute atomic E-state index is 0.0744. The molecule has 1 aromatic rings. The normalized spacial score (nSPS) is 17.4. The first-order valence-electron chi connectivity index (χ1n) is 6.83. The molecular formula is C15H21BrN2O. The summed E-state index contributed by atoms with van der Waals surface area (Å²) in [4.78, 5) is 14.2. The molecular weight excluding hydrogens is 304 g/mol. The number of likely N-dealkylation sites (tertiary alicyclic amines) is 1. The summed E-state index contributed by atoms with van der Waals surface area (Å²) >= 11 is 3.48. The minimum Gasteiger partial charge on any atom is -0.325 e. The maximum absolute atomic E-state index is 12.0. The topological polar surface area (TPSA) is 32.3 Å². The van der Waals surface area contributed by atoms with Gasteiger partial charge in [-0.15, -0.1) is 0 Å². The van der Waals surface area contributed by atoms with E-state index < -0.39 is 0 Å². The van der Waals surface area contributed by atoms with Crippen LogP contribution in [0.5, 0.6) is 0 Å². The minimum atomic E-state index is 0.0744. The predicted octanol–water partition coefficient (Wildman–Crippen LogP) is 3.43. The molecule has 1 aliphatic rings. The van der Waals surface area contributed by atoms with Crippen LogP contribution in [-0.2, 0) is 4.79 Å². The molecule has 0 bridgehead atoms. The van der Waals surface area contributed by atoms with Crippen LogP contribution in [0.1, 0.15) is 25.3 Å². The van der Waals surface area contributed by atoms with Crippen LogP contribution >= 0.6 is 15.9 Å². The number of hydrogen-bond donors (Lipinski definition) is 1. The molecule has 1 N–H and O–H groups in total. The third-order valence-electron chi connectivity index (χ3n) is 3.70. The number of carbonyl (C=O) groups excluding carboxylic acids is 1. The maximum Gasteiger partial charge on any atom is 0.238 e. The van der Waals surface area contributed by atoms with Crippen molar-refractivity contribution in [1.29, 1.82) is 0 Å². The van der Waals surface area contributed by atoms with E-state index in [0.717, 1.165) is 29.2 Å². The zero-order chi connectivity index (χ0) is 13.8. The van der Waals surface area contributed by atoms with E-state index in [1.54, 1.807) is 0 Å². The zero-order valence-corrected chi connectivity index (χ0v) is 13.2. The SMILES string of the molecule is Cc1ccc(NC(=O)CN2CCC(C)CC2)cc1Br. The Morgan fingerprint density at radius 3 is 2.74 bits per heavy atom. The summed E-state index contributed by atoms with van der Waals surface area (Å²) in [7, 11) is 0. The molecule has 1 amide bonds. The van der Waals surface area contributed by atoms with Crippen LogP contribution in [0.3, 0.4) is 0 Å². The van der Waals surface area contributed by atoms with Crippen molar-refractivity contribution < 1.29 is 4.79 Å². The van der Waals surface area contributed by atoms with E-state index >= 15 is 0 Å². The van der Waals surface area contributed by atoms with Crippen molar-refractivity contribution >= 4 is 27.5 Å². The van der Waals surface area contributed by atoms with Gasteiger partial charge in [0.1, 0.15) is 0 Å². The smallest absolute Gasteiger partial charge is 0.238 e.